The zero-order valence-electron chi connectivity index (χ0n) is 30.0. The molecule has 1 fully saturated rings. The Labute approximate surface area is 294 Å². The van der Waals surface area contributed by atoms with Gasteiger partial charge in [-0.25, -0.2) is 4.79 Å². The lowest BCUT2D eigenvalue weighted by molar-refractivity contribution is -0.145. The van der Waals surface area contributed by atoms with Crippen LogP contribution in [0.1, 0.15) is 86.0 Å². The minimum Gasteiger partial charge on any atom is -0.480 e. The van der Waals surface area contributed by atoms with Crippen LogP contribution in [0.3, 0.4) is 0 Å². The zero-order valence-corrected chi connectivity index (χ0v) is 30.0. The Morgan fingerprint density at radius 1 is 0.840 bits per heavy atom. The van der Waals surface area contributed by atoms with E-state index >= 15 is 0 Å². The first-order valence-corrected chi connectivity index (χ1v) is 17.3. The maximum atomic E-state index is 13.8. The summed E-state index contributed by atoms with van der Waals surface area (Å²) in [6.07, 6.45) is 1.30. The summed E-state index contributed by atoms with van der Waals surface area (Å²) in [5, 5.41) is 30.5. The molecule has 0 bridgehead atoms. The molecule has 18 nitrogen and oxygen atoms in total. The van der Waals surface area contributed by atoms with Crippen LogP contribution in [0.15, 0.2) is 4.99 Å². The van der Waals surface area contributed by atoms with Gasteiger partial charge in [-0.3, -0.25) is 29.0 Å². The highest BCUT2D eigenvalue weighted by Gasteiger charge is 2.41. The predicted octanol–water partition coefficient (Wildman–Crippen LogP) is -2.41. The fourth-order valence-electron chi connectivity index (χ4n) is 5.59. The van der Waals surface area contributed by atoms with E-state index in [0.717, 1.165) is 0 Å². The number of nitrogens with two attached hydrogens (primary N) is 4. The first-order valence-electron chi connectivity index (χ1n) is 17.3. The van der Waals surface area contributed by atoms with Gasteiger partial charge in [-0.2, -0.15) is 0 Å². The highest BCUT2D eigenvalue weighted by molar-refractivity contribution is 5.96. The van der Waals surface area contributed by atoms with Gasteiger partial charge < -0.3 is 59.3 Å². The average molecular weight is 713 g/mol. The number of aliphatic carboxylic acids is 1. The number of guanidine groups is 1. The highest BCUT2D eigenvalue weighted by atomic mass is 16.4. The summed E-state index contributed by atoms with van der Waals surface area (Å²) in [5.74, 6) is -5.06. The fraction of sp³-hybridized carbons (Fsp3) is 0.781. The van der Waals surface area contributed by atoms with Gasteiger partial charge in [-0.1, -0.05) is 27.7 Å². The molecule has 0 aliphatic carbocycles. The van der Waals surface area contributed by atoms with Gasteiger partial charge in [0.1, 0.15) is 30.2 Å². The molecule has 0 radical (unpaired) electrons. The number of carbonyl (C=O) groups is 6. The van der Waals surface area contributed by atoms with Crippen molar-refractivity contribution in [2.75, 3.05) is 19.6 Å². The first kappa shape index (κ1) is 44.0. The molecule has 1 heterocycles. The third-order valence-corrected chi connectivity index (χ3v) is 8.34. The second-order valence-corrected chi connectivity index (χ2v) is 13.6. The smallest absolute Gasteiger partial charge is 0.326 e. The molecule has 0 spiro atoms. The van der Waals surface area contributed by atoms with E-state index in [9.17, 15) is 39.0 Å². The van der Waals surface area contributed by atoms with Crippen LogP contribution in [0.25, 0.3) is 0 Å². The van der Waals surface area contributed by atoms with Crippen LogP contribution in [-0.2, 0) is 28.8 Å². The van der Waals surface area contributed by atoms with Gasteiger partial charge in [0.05, 0.1) is 12.1 Å². The number of aliphatic hydroxyl groups excluding tert-OH is 1. The van der Waals surface area contributed by atoms with Crippen molar-refractivity contribution in [2.24, 2.45) is 39.8 Å². The van der Waals surface area contributed by atoms with Crippen molar-refractivity contribution in [3.05, 3.63) is 0 Å². The summed E-state index contributed by atoms with van der Waals surface area (Å²) < 4.78 is 0. The number of carboxylic acid groups (broad SMARTS) is 1. The molecule has 1 saturated heterocycles. The minimum atomic E-state index is -1.46. The molecule has 1 aliphatic rings. The number of rotatable bonds is 22. The second kappa shape index (κ2) is 21.9. The summed E-state index contributed by atoms with van der Waals surface area (Å²) >= 11 is 0. The predicted molar refractivity (Wildman–Crippen MR) is 187 cm³/mol. The Balaban J connectivity index is 3.19. The van der Waals surface area contributed by atoms with Crippen LogP contribution in [0.4, 0.5) is 0 Å². The molecular weight excluding hydrogens is 652 g/mol. The van der Waals surface area contributed by atoms with E-state index in [1.165, 1.54) is 11.8 Å². The fourth-order valence-corrected chi connectivity index (χ4v) is 5.59. The molecule has 14 N–H and O–H groups in total. The quantitative estimate of drug-likeness (QED) is 0.0319. The molecule has 0 aromatic carbocycles. The molecule has 5 amide bonds. The third kappa shape index (κ3) is 14.8. The van der Waals surface area contributed by atoms with Crippen LogP contribution < -0.4 is 44.2 Å². The number of carboxylic acids is 1. The Kier molecular flexibility index (Phi) is 19.3. The van der Waals surface area contributed by atoms with Gasteiger partial charge in [-0.15, -0.1) is 0 Å². The van der Waals surface area contributed by atoms with Crippen LogP contribution in [0.5, 0.6) is 0 Å². The lowest BCUT2D eigenvalue weighted by atomic mass is 10.0. The summed E-state index contributed by atoms with van der Waals surface area (Å²) in [5.41, 5.74) is 22.4. The Morgan fingerprint density at radius 3 is 1.94 bits per heavy atom. The van der Waals surface area contributed by atoms with Crippen LogP contribution in [0, 0.1) is 11.8 Å². The SMILES string of the molecule is CC(C)C[C@H](N)C(=O)N[C@@H](CCCCN)C(=O)N[C@H](C(=O)N1CCC[C@H]1C(=O)N[C@@H](CCCN=C(N)N)C(=O)N[C@H](C(=O)O)C(C)C)[C@@H](C)O. The van der Waals surface area contributed by atoms with Gasteiger partial charge in [-0.05, 0) is 76.7 Å². The number of carbonyl (C=O) groups excluding carboxylic acids is 5. The van der Waals surface area contributed by atoms with E-state index in [1.54, 1.807) is 13.8 Å². The molecule has 1 aliphatic heterocycles. The first-order chi connectivity index (χ1) is 23.4. The lowest BCUT2D eigenvalue weighted by Crippen LogP contribution is -2.61. The molecule has 18 heteroatoms. The van der Waals surface area contributed by atoms with Crippen LogP contribution in [-0.4, -0.2) is 119 Å². The van der Waals surface area contributed by atoms with Crippen molar-refractivity contribution in [3.63, 3.8) is 0 Å². The van der Waals surface area contributed by atoms with Crippen molar-refractivity contribution in [2.45, 2.75) is 128 Å². The number of amides is 5. The number of hydrogen-bond donors (Lipinski definition) is 10. The van der Waals surface area contributed by atoms with Crippen molar-refractivity contribution >= 4 is 41.5 Å². The monoisotopic (exact) mass is 712 g/mol. The van der Waals surface area contributed by atoms with Crippen molar-refractivity contribution in [1.82, 2.24) is 26.2 Å². The molecule has 0 saturated carbocycles. The summed E-state index contributed by atoms with van der Waals surface area (Å²) in [6.45, 7) is 9.05. The van der Waals surface area contributed by atoms with E-state index in [1.807, 2.05) is 13.8 Å². The molecule has 1 rings (SSSR count). The Bertz CT molecular complexity index is 1180. The van der Waals surface area contributed by atoms with Crippen LogP contribution in [0.2, 0.25) is 0 Å². The average Bonchev–Trinajstić information content (AvgIpc) is 3.52. The maximum Gasteiger partial charge on any atom is 0.326 e. The lowest BCUT2D eigenvalue weighted by Gasteiger charge is -2.32. The van der Waals surface area contributed by atoms with Gasteiger partial charge in [0.25, 0.3) is 0 Å². The van der Waals surface area contributed by atoms with Gasteiger partial charge in [0.15, 0.2) is 5.96 Å². The van der Waals surface area contributed by atoms with Gasteiger partial charge >= 0.3 is 5.97 Å². The number of aliphatic hydroxyl groups is 1. The Hall–Kier alpha value is -4.03. The van der Waals surface area contributed by atoms with E-state index in [-0.39, 0.29) is 50.7 Å². The van der Waals surface area contributed by atoms with Crippen molar-refractivity contribution in [3.8, 4) is 0 Å². The minimum absolute atomic E-state index is 0.0594. The van der Waals surface area contributed by atoms with E-state index in [2.05, 4.69) is 26.3 Å². The molecule has 50 heavy (non-hydrogen) atoms. The third-order valence-electron chi connectivity index (χ3n) is 8.34. The molecule has 286 valence electrons. The summed E-state index contributed by atoms with van der Waals surface area (Å²) in [6, 6.07) is -6.82. The molecule has 7 atom stereocenters. The van der Waals surface area contributed by atoms with Crippen molar-refractivity contribution in [1.29, 1.82) is 0 Å². The van der Waals surface area contributed by atoms with Gasteiger partial charge in [0, 0.05) is 13.1 Å². The highest BCUT2D eigenvalue weighted by Crippen LogP contribution is 2.20. The summed E-state index contributed by atoms with van der Waals surface area (Å²) in [4.78, 5) is 83.8. The number of unbranched alkanes of at least 4 members (excludes halogenated alkanes) is 1. The van der Waals surface area contributed by atoms with E-state index in [0.29, 0.717) is 32.2 Å². The maximum absolute atomic E-state index is 13.8. The Morgan fingerprint density at radius 2 is 1.42 bits per heavy atom. The number of nitrogens with zero attached hydrogens (tertiary/aromatic N) is 2. The van der Waals surface area contributed by atoms with Gasteiger partial charge in [0.2, 0.25) is 29.5 Å². The topological polar surface area (TPSA) is 311 Å². The standard InChI is InChI=1S/C32H60N10O8/c1-17(2)16-20(34)26(44)38-21(10-6-7-13-33)28(46)41-25(19(5)43)30(48)42-15-9-12-23(42)29(47)39-22(11-8-14-37-32(35)36)27(45)40-24(18(3)4)31(49)50/h17-25,43H,6-16,33-34H2,1-5H3,(H,38,44)(H,39,47)(H,40,45)(H,41,46)(H,49,50)(H4,35,36,37)/t19-,20+,21+,22+,23+,24+,25+/m1/s1. The molecule has 0 aromatic heterocycles. The number of nitrogens with one attached hydrogen (secondary N) is 4. The molecular formula is C32H60N10O8. The number of likely N-dealkylation sites (tertiary alicyclic amines) is 1. The largest absolute Gasteiger partial charge is 0.480 e. The normalized spacial score (nSPS) is 18.0. The van der Waals surface area contributed by atoms with Crippen molar-refractivity contribution < 1.29 is 39.0 Å². The van der Waals surface area contributed by atoms with Crippen LogP contribution >= 0.6 is 0 Å². The molecule has 0 aromatic rings. The second-order valence-electron chi connectivity index (χ2n) is 13.6. The zero-order chi connectivity index (χ0) is 38.1. The number of hydrogen-bond acceptors (Lipinski definition) is 10. The number of aliphatic imine (C=N–C) groups is 1. The van der Waals surface area contributed by atoms with E-state index < -0.39 is 83.8 Å². The van der Waals surface area contributed by atoms with E-state index in [4.69, 9.17) is 22.9 Å². The molecule has 0 unspecified atom stereocenters. The summed E-state index contributed by atoms with van der Waals surface area (Å²) in [7, 11) is 0.